The van der Waals surface area contributed by atoms with Gasteiger partial charge in [0.2, 0.25) is 5.91 Å². The molecule has 1 fully saturated rings. The lowest BCUT2D eigenvalue weighted by Gasteiger charge is -2.38. The van der Waals surface area contributed by atoms with Gasteiger partial charge in [0.25, 0.3) is 0 Å². The molecule has 2 aromatic carbocycles. The summed E-state index contributed by atoms with van der Waals surface area (Å²) in [5, 5.41) is 24.8. The molecule has 0 saturated carbocycles. The van der Waals surface area contributed by atoms with E-state index in [4.69, 9.17) is 0 Å². The van der Waals surface area contributed by atoms with Crippen LogP contribution in [0.5, 0.6) is 0 Å². The molecule has 10 heteroatoms. The molecule has 4 aromatic rings. The van der Waals surface area contributed by atoms with Crippen molar-refractivity contribution in [3.05, 3.63) is 73.6 Å². The molecule has 0 aliphatic carbocycles. The van der Waals surface area contributed by atoms with Crippen molar-refractivity contribution >= 4 is 34.4 Å². The number of β-amino-alcohol motifs (C(OH)–C–C–N with tert-alkyl or cyclic N) is 1. The van der Waals surface area contributed by atoms with E-state index in [0.29, 0.717) is 29.5 Å². The number of amides is 1. The number of aliphatic hydroxyl groups is 1. The monoisotopic (exact) mass is 512 g/mol. The van der Waals surface area contributed by atoms with Crippen LogP contribution in [-0.4, -0.2) is 73.8 Å². The van der Waals surface area contributed by atoms with Crippen LogP contribution in [0.2, 0.25) is 0 Å². The Balaban J connectivity index is 1.28. The molecule has 0 bridgehead atoms. The lowest BCUT2D eigenvalue weighted by Crippen LogP contribution is -2.50. The van der Waals surface area contributed by atoms with E-state index in [2.05, 4.69) is 54.3 Å². The molecule has 1 aliphatic rings. The van der Waals surface area contributed by atoms with Gasteiger partial charge in [0, 0.05) is 55.3 Å². The lowest BCUT2D eigenvalue weighted by molar-refractivity contribution is -0.111. The Morgan fingerprint density at radius 1 is 1.08 bits per heavy atom. The van der Waals surface area contributed by atoms with Crippen molar-refractivity contribution < 1.29 is 9.90 Å². The molecule has 0 unspecified atom stereocenters. The number of nitrogens with one attached hydrogen (secondary N) is 2. The van der Waals surface area contributed by atoms with Gasteiger partial charge in [0.1, 0.15) is 5.82 Å². The zero-order valence-electron chi connectivity index (χ0n) is 21.6. The van der Waals surface area contributed by atoms with Gasteiger partial charge in [-0.05, 0) is 56.3 Å². The first-order valence-corrected chi connectivity index (χ1v) is 12.6. The summed E-state index contributed by atoms with van der Waals surface area (Å²) in [6, 6.07) is 15.7. The van der Waals surface area contributed by atoms with Crippen LogP contribution >= 0.6 is 0 Å². The van der Waals surface area contributed by atoms with Crippen LogP contribution in [0.25, 0.3) is 17.0 Å². The molecule has 0 atom stereocenters. The normalized spacial score (nSPS) is 14.4. The summed E-state index contributed by atoms with van der Waals surface area (Å²) in [5.74, 6) is 1.02. The second kappa shape index (κ2) is 10.6. The number of carbonyl (C=O) groups excluding carboxylic acids is 1. The summed E-state index contributed by atoms with van der Waals surface area (Å²) in [6.45, 7) is 11.6. The Morgan fingerprint density at radius 2 is 1.84 bits per heavy atom. The molecule has 0 spiro atoms. The van der Waals surface area contributed by atoms with Crippen molar-refractivity contribution in [2.75, 3.05) is 48.3 Å². The molecule has 2 aromatic heterocycles. The summed E-state index contributed by atoms with van der Waals surface area (Å²) < 4.78 is 1.87. The van der Waals surface area contributed by atoms with Gasteiger partial charge in [-0.3, -0.25) is 14.1 Å². The van der Waals surface area contributed by atoms with Gasteiger partial charge in [0.05, 0.1) is 18.0 Å². The molecule has 3 N–H and O–H groups in total. The van der Waals surface area contributed by atoms with Crippen LogP contribution in [0.1, 0.15) is 13.8 Å². The van der Waals surface area contributed by atoms with Crippen LogP contribution < -0.4 is 15.5 Å². The minimum atomic E-state index is -0.673. The zero-order chi connectivity index (χ0) is 26.7. The number of hydrogen-bond donors (Lipinski definition) is 3. The number of carbonyl (C=O) groups is 1. The molecular weight excluding hydrogens is 480 g/mol. The fourth-order valence-electron chi connectivity index (χ4n) is 4.61. The number of benzene rings is 2. The van der Waals surface area contributed by atoms with E-state index >= 15 is 0 Å². The smallest absolute Gasteiger partial charge is 0.247 e. The predicted molar refractivity (Wildman–Crippen MR) is 150 cm³/mol. The Kier molecular flexibility index (Phi) is 7.08. The maximum Gasteiger partial charge on any atom is 0.247 e. The van der Waals surface area contributed by atoms with Gasteiger partial charge in [-0.15, -0.1) is 10.2 Å². The first-order chi connectivity index (χ1) is 18.3. The highest BCUT2D eigenvalue weighted by Gasteiger charge is 2.22. The van der Waals surface area contributed by atoms with E-state index in [1.165, 1.54) is 11.8 Å². The van der Waals surface area contributed by atoms with E-state index in [0.717, 1.165) is 37.4 Å². The molecule has 1 aliphatic heterocycles. The molecule has 3 heterocycles. The second-order valence-electron chi connectivity index (χ2n) is 10.0. The lowest BCUT2D eigenvalue weighted by atomic mass is 10.1. The summed E-state index contributed by atoms with van der Waals surface area (Å²) in [7, 11) is 0. The quantitative estimate of drug-likeness (QED) is 0.308. The minimum Gasteiger partial charge on any atom is -0.389 e. The number of piperazine rings is 1. The summed E-state index contributed by atoms with van der Waals surface area (Å²) in [5.41, 5.74) is 3.49. The van der Waals surface area contributed by atoms with Crippen LogP contribution in [0.15, 0.2) is 73.6 Å². The van der Waals surface area contributed by atoms with Crippen molar-refractivity contribution in [1.82, 2.24) is 24.5 Å². The fourth-order valence-corrected chi connectivity index (χ4v) is 4.61. The van der Waals surface area contributed by atoms with Crippen LogP contribution in [0, 0.1) is 0 Å². The zero-order valence-corrected chi connectivity index (χ0v) is 21.6. The number of rotatable bonds is 8. The Hall–Kier alpha value is -4.28. The van der Waals surface area contributed by atoms with Crippen molar-refractivity contribution in [1.29, 1.82) is 0 Å². The standard InChI is InChI=1S/C28H32N8O2/c1-4-26(37)31-22-7-5-6-20(16-22)27-33-32-25-17-29-24(18-36(25)27)30-21-8-10-23(11-9-21)35-14-12-34(13-15-35)19-28(2,3)38/h4-11,16-18,30,38H,1,12-15,19H2,2-3H3,(H,31,37). The predicted octanol–water partition coefficient (Wildman–Crippen LogP) is 3.55. The number of fused-ring (bicyclic) bond motifs is 1. The van der Waals surface area contributed by atoms with Gasteiger partial charge in [-0.25, -0.2) is 4.98 Å². The molecule has 10 nitrogen and oxygen atoms in total. The third-order valence-corrected chi connectivity index (χ3v) is 6.35. The second-order valence-corrected chi connectivity index (χ2v) is 10.0. The maximum atomic E-state index is 11.7. The van der Waals surface area contributed by atoms with Crippen LogP contribution in [0.4, 0.5) is 22.9 Å². The van der Waals surface area contributed by atoms with Gasteiger partial charge in [-0.1, -0.05) is 18.7 Å². The summed E-state index contributed by atoms with van der Waals surface area (Å²) >= 11 is 0. The van der Waals surface area contributed by atoms with Gasteiger partial charge >= 0.3 is 0 Å². The van der Waals surface area contributed by atoms with E-state index in [1.54, 1.807) is 6.20 Å². The highest BCUT2D eigenvalue weighted by atomic mass is 16.3. The molecular formula is C28H32N8O2. The van der Waals surface area contributed by atoms with Gasteiger partial charge < -0.3 is 20.6 Å². The fraction of sp³-hybridized carbons (Fsp3) is 0.286. The molecule has 1 saturated heterocycles. The van der Waals surface area contributed by atoms with E-state index in [-0.39, 0.29) is 5.91 Å². The Bertz CT molecular complexity index is 1430. The molecule has 0 radical (unpaired) electrons. The topological polar surface area (TPSA) is 111 Å². The molecule has 1 amide bonds. The van der Waals surface area contributed by atoms with Gasteiger partial charge in [-0.2, -0.15) is 0 Å². The molecule has 196 valence electrons. The molecule has 5 rings (SSSR count). The number of nitrogens with zero attached hydrogens (tertiary/aromatic N) is 6. The number of hydrogen-bond acceptors (Lipinski definition) is 8. The SMILES string of the molecule is C=CC(=O)Nc1cccc(-c2nnc3cnc(Nc4ccc(N5CCN(CC(C)(C)O)CC5)cc4)cn23)c1. The third-order valence-electron chi connectivity index (χ3n) is 6.35. The van der Waals surface area contributed by atoms with Crippen molar-refractivity contribution in [2.45, 2.75) is 19.4 Å². The first kappa shape index (κ1) is 25.4. The molecule has 38 heavy (non-hydrogen) atoms. The average molecular weight is 513 g/mol. The maximum absolute atomic E-state index is 11.7. The first-order valence-electron chi connectivity index (χ1n) is 12.6. The van der Waals surface area contributed by atoms with Crippen molar-refractivity contribution in [2.24, 2.45) is 0 Å². The van der Waals surface area contributed by atoms with E-state index in [9.17, 15) is 9.90 Å². The van der Waals surface area contributed by atoms with E-state index < -0.39 is 5.60 Å². The highest BCUT2D eigenvalue weighted by molar-refractivity contribution is 5.99. The summed E-state index contributed by atoms with van der Waals surface area (Å²) in [4.78, 5) is 20.8. The Morgan fingerprint density at radius 3 is 2.55 bits per heavy atom. The van der Waals surface area contributed by atoms with Crippen LogP contribution in [0.3, 0.4) is 0 Å². The number of anilines is 4. The number of aromatic nitrogens is 4. The third kappa shape index (κ3) is 5.99. The highest BCUT2D eigenvalue weighted by Crippen LogP contribution is 2.25. The van der Waals surface area contributed by atoms with Gasteiger partial charge in [0.15, 0.2) is 11.5 Å². The summed E-state index contributed by atoms with van der Waals surface area (Å²) in [6.07, 6.45) is 4.76. The van der Waals surface area contributed by atoms with E-state index in [1.807, 2.05) is 60.8 Å². The minimum absolute atomic E-state index is 0.275. The van der Waals surface area contributed by atoms with Crippen molar-refractivity contribution in [3.63, 3.8) is 0 Å². The van der Waals surface area contributed by atoms with Crippen molar-refractivity contribution in [3.8, 4) is 11.4 Å². The average Bonchev–Trinajstić information content (AvgIpc) is 3.32. The largest absolute Gasteiger partial charge is 0.389 e. The van der Waals surface area contributed by atoms with Crippen LogP contribution in [-0.2, 0) is 4.79 Å². The Labute approximate surface area is 221 Å².